The Labute approximate surface area is 273 Å². The van der Waals surface area contributed by atoms with Gasteiger partial charge in [-0.3, -0.25) is 9.59 Å². The molecule has 4 aromatic rings. The Morgan fingerprint density at radius 1 is 0.848 bits per heavy atom. The quantitative estimate of drug-likeness (QED) is 0.0656. The molecule has 240 valence electrons. The smallest absolute Gasteiger partial charge is 0.224 e. The van der Waals surface area contributed by atoms with E-state index in [1.165, 1.54) is 0 Å². The number of anilines is 3. The minimum Gasteiger partial charge on any atom is -0.397 e. The van der Waals surface area contributed by atoms with E-state index >= 15 is 0 Å². The number of nitrogen functional groups attached to an aromatic ring is 1. The fourth-order valence-corrected chi connectivity index (χ4v) is 6.07. The molecule has 0 aliphatic carbocycles. The van der Waals surface area contributed by atoms with Crippen LogP contribution in [0.3, 0.4) is 0 Å². The normalized spacial score (nSPS) is 17.7. The third-order valence-electron chi connectivity index (χ3n) is 7.65. The first-order chi connectivity index (χ1) is 22.5. The number of unbranched alkanes of at least 4 members (excludes halogenated alkanes) is 2. The van der Waals surface area contributed by atoms with E-state index in [9.17, 15) is 14.7 Å². The molecule has 2 heterocycles. The van der Waals surface area contributed by atoms with E-state index in [0.717, 1.165) is 28.1 Å². The Kier molecular flexibility index (Phi) is 12.2. The highest BCUT2D eigenvalue weighted by Crippen LogP contribution is 2.39. The van der Waals surface area contributed by atoms with Crippen molar-refractivity contribution >= 4 is 40.6 Å². The van der Waals surface area contributed by atoms with Crippen LogP contribution in [0, 0.1) is 0 Å². The van der Waals surface area contributed by atoms with Crippen molar-refractivity contribution in [2.45, 2.75) is 68.7 Å². The monoisotopic (exact) mass is 640 g/mol. The van der Waals surface area contributed by atoms with Gasteiger partial charge in [0.15, 0.2) is 6.29 Å². The van der Waals surface area contributed by atoms with E-state index in [-0.39, 0.29) is 30.6 Å². The second kappa shape index (κ2) is 16.9. The number of carbonyl (C=O) groups is 2. The van der Waals surface area contributed by atoms with Crippen molar-refractivity contribution in [2.24, 2.45) is 0 Å². The number of benzene rings is 3. The maximum Gasteiger partial charge on any atom is 0.224 e. The highest BCUT2D eigenvalue weighted by atomic mass is 32.2. The molecule has 46 heavy (non-hydrogen) atoms. The van der Waals surface area contributed by atoms with Gasteiger partial charge in [0.25, 0.3) is 0 Å². The van der Waals surface area contributed by atoms with E-state index in [2.05, 4.69) is 15.6 Å². The summed E-state index contributed by atoms with van der Waals surface area (Å²) in [5.41, 5.74) is 10.4. The molecule has 3 atom stereocenters. The highest BCUT2D eigenvalue weighted by Gasteiger charge is 2.32. The molecule has 5 N–H and O–H groups in total. The predicted molar refractivity (Wildman–Crippen MR) is 181 cm³/mol. The minimum absolute atomic E-state index is 0.0127. The molecule has 0 saturated carbocycles. The first-order valence-electron chi connectivity index (χ1n) is 15.6. The number of thioether (sulfide) groups is 1. The molecule has 9 nitrogen and oxygen atoms in total. The van der Waals surface area contributed by atoms with E-state index < -0.39 is 6.29 Å². The molecule has 1 fully saturated rings. The highest BCUT2D eigenvalue weighted by molar-refractivity contribution is 7.99. The molecule has 10 heteroatoms. The molecule has 0 bridgehead atoms. The van der Waals surface area contributed by atoms with Gasteiger partial charge in [0.2, 0.25) is 11.8 Å². The predicted octanol–water partition coefficient (Wildman–Crippen LogP) is 7.02. The number of aromatic nitrogens is 1. The SMILES string of the molecule is Nc1ccccc1NC(=O)CCCCCC(=O)Nc1cccc([C@H]2O[C@@H](CSc3ccccn3)C[C@@H](c3ccc(CO)cc3)O2)c1. The standard InChI is InChI=1S/C36H40N4O5S/c37-30-11-4-5-12-31(30)40-34(43)14-3-1-2-13-33(42)39-28-10-8-9-27(21-28)36-44-29(24-46-35-15-6-7-20-38-35)22-32(45-36)26-18-16-25(23-41)17-19-26/h4-12,15-21,29,32,36,41H,1-3,13-14,22-24,37H2,(H,39,42)(H,40,43)/t29-,32+,36+/m1/s1. The van der Waals surface area contributed by atoms with Crippen LogP contribution in [-0.2, 0) is 25.7 Å². The number of aliphatic hydroxyl groups excluding tert-OH is 1. The van der Waals surface area contributed by atoms with Gasteiger partial charge in [-0.1, -0.05) is 61.0 Å². The minimum atomic E-state index is -0.625. The molecule has 1 aliphatic heterocycles. The van der Waals surface area contributed by atoms with Gasteiger partial charge in [-0.25, -0.2) is 4.98 Å². The molecule has 1 saturated heterocycles. The fourth-order valence-electron chi connectivity index (χ4n) is 5.19. The average molecular weight is 641 g/mol. The molecular weight excluding hydrogens is 600 g/mol. The number of amides is 2. The summed E-state index contributed by atoms with van der Waals surface area (Å²) < 4.78 is 12.9. The van der Waals surface area contributed by atoms with Crippen molar-refractivity contribution in [1.82, 2.24) is 4.98 Å². The van der Waals surface area contributed by atoms with Gasteiger partial charge in [-0.2, -0.15) is 0 Å². The zero-order valence-electron chi connectivity index (χ0n) is 25.6. The lowest BCUT2D eigenvalue weighted by Crippen LogP contribution is -2.31. The molecule has 0 spiro atoms. The van der Waals surface area contributed by atoms with E-state index in [1.807, 2.05) is 78.9 Å². The first kappa shape index (κ1) is 33.2. The summed E-state index contributed by atoms with van der Waals surface area (Å²) in [6.07, 6.45) is 4.36. The van der Waals surface area contributed by atoms with Crippen molar-refractivity contribution in [3.8, 4) is 0 Å². The van der Waals surface area contributed by atoms with Crippen LogP contribution < -0.4 is 16.4 Å². The van der Waals surface area contributed by atoms with Crippen LogP contribution in [0.1, 0.15) is 67.6 Å². The second-order valence-corrected chi connectivity index (χ2v) is 12.2. The Balaban J connectivity index is 1.14. The lowest BCUT2D eigenvalue weighted by Gasteiger charge is -2.36. The number of hydrogen-bond donors (Lipinski definition) is 4. The van der Waals surface area contributed by atoms with E-state index in [0.29, 0.717) is 54.9 Å². The van der Waals surface area contributed by atoms with Crippen molar-refractivity contribution in [3.05, 3.63) is 114 Å². The largest absolute Gasteiger partial charge is 0.397 e. The Bertz CT molecular complexity index is 1570. The third-order valence-corrected chi connectivity index (χ3v) is 8.73. The van der Waals surface area contributed by atoms with Crippen LogP contribution in [0.15, 0.2) is 102 Å². The van der Waals surface area contributed by atoms with Gasteiger partial charge in [0.1, 0.15) is 0 Å². The zero-order chi connectivity index (χ0) is 32.1. The average Bonchev–Trinajstić information content (AvgIpc) is 3.08. The van der Waals surface area contributed by atoms with Crippen LogP contribution in [0.2, 0.25) is 0 Å². The van der Waals surface area contributed by atoms with Crippen LogP contribution in [0.4, 0.5) is 17.1 Å². The number of hydrogen-bond acceptors (Lipinski definition) is 8. The Morgan fingerprint density at radius 3 is 2.35 bits per heavy atom. The van der Waals surface area contributed by atoms with Crippen LogP contribution in [0.5, 0.6) is 0 Å². The number of pyridine rings is 1. The number of nitrogens with one attached hydrogen (secondary N) is 2. The maximum absolute atomic E-state index is 12.7. The number of carbonyl (C=O) groups excluding carboxylic acids is 2. The summed E-state index contributed by atoms with van der Waals surface area (Å²) in [5.74, 6) is 0.532. The number of nitrogens with zero attached hydrogens (tertiary/aromatic N) is 1. The summed E-state index contributed by atoms with van der Waals surface area (Å²) >= 11 is 1.64. The fraction of sp³-hybridized carbons (Fsp3) is 0.306. The molecule has 0 radical (unpaired) electrons. The number of aliphatic hydroxyl groups is 1. The van der Waals surface area contributed by atoms with Crippen molar-refractivity contribution < 1.29 is 24.2 Å². The van der Waals surface area contributed by atoms with Gasteiger partial charge in [-0.05, 0) is 60.4 Å². The molecule has 5 rings (SSSR count). The van der Waals surface area contributed by atoms with Crippen molar-refractivity contribution in [2.75, 3.05) is 22.1 Å². The summed E-state index contributed by atoms with van der Waals surface area (Å²) in [4.78, 5) is 29.4. The lowest BCUT2D eigenvalue weighted by atomic mass is 10.0. The summed E-state index contributed by atoms with van der Waals surface area (Å²) in [6, 6.07) is 28.4. The summed E-state index contributed by atoms with van der Waals surface area (Å²) in [6.45, 7) is -0.0127. The summed E-state index contributed by atoms with van der Waals surface area (Å²) in [7, 11) is 0. The Hall–Kier alpha value is -4.22. The van der Waals surface area contributed by atoms with E-state index in [4.69, 9.17) is 15.2 Å². The lowest BCUT2D eigenvalue weighted by molar-refractivity contribution is -0.245. The Morgan fingerprint density at radius 2 is 1.61 bits per heavy atom. The number of ether oxygens (including phenoxy) is 2. The second-order valence-electron chi connectivity index (χ2n) is 11.2. The molecule has 1 aliphatic rings. The first-order valence-corrected chi connectivity index (χ1v) is 16.5. The summed E-state index contributed by atoms with van der Waals surface area (Å²) in [5, 5.41) is 16.2. The topological polar surface area (TPSA) is 136 Å². The molecule has 2 amide bonds. The molecule has 1 aromatic heterocycles. The number of para-hydroxylation sites is 2. The van der Waals surface area contributed by atoms with Crippen LogP contribution >= 0.6 is 11.8 Å². The maximum atomic E-state index is 12.7. The van der Waals surface area contributed by atoms with Crippen molar-refractivity contribution in [1.29, 1.82) is 0 Å². The van der Waals surface area contributed by atoms with Gasteiger partial charge in [0, 0.05) is 42.5 Å². The van der Waals surface area contributed by atoms with Gasteiger partial charge in [0.05, 0.1) is 35.2 Å². The molecular formula is C36H40N4O5S. The van der Waals surface area contributed by atoms with E-state index in [1.54, 1.807) is 30.1 Å². The van der Waals surface area contributed by atoms with Crippen LogP contribution in [0.25, 0.3) is 0 Å². The van der Waals surface area contributed by atoms with Gasteiger partial charge in [-0.15, -0.1) is 11.8 Å². The third kappa shape index (κ3) is 9.89. The zero-order valence-corrected chi connectivity index (χ0v) is 26.5. The van der Waals surface area contributed by atoms with Crippen molar-refractivity contribution in [3.63, 3.8) is 0 Å². The molecule has 3 aromatic carbocycles. The number of nitrogens with two attached hydrogens (primary N) is 1. The van der Waals surface area contributed by atoms with Gasteiger partial charge >= 0.3 is 0 Å². The number of rotatable bonds is 14. The molecule has 0 unspecified atom stereocenters. The van der Waals surface area contributed by atoms with Crippen LogP contribution in [-0.4, -0.2) is 33.8 Å². The van der Waals surface area contributed by atoms with Gasteiger partial charge < -0.3 is 30.9 Å².